The van der Waals surface area contributed by atoms with Gasteiger partial charge in [-0.15, -0.1) is 0 Å². The van der Waals surface area contributed by atoms with Crippen molar-refractivity contribution in [2.75, 3.05) is 25.5 Å². The van der Waals surface area contributed by atoms with Crippen molar-refractivity contribution in [3.8, 4) is 0 Å². The van der Waals surface area contributed by atoms with Crippen LogP contribution in [0.1, 0.15) is 31.9 Å². The summed E-state index contributed by atoms with van der Waals surface area (Å²) in [5.41, 5.74) is 3.27. The lowest BCUT2D eigenvalue weighted by molar-refractivity contribution is -0.120. The van der Waals surface area contributed by atoms with E-state index in [1.165, 1.54) is 0 Å². The van der Waals surface area contributed by atoms with Gasteiger partial charge in [-0.3, -0.25) is 9.69 Å². The Bertz CT molecular complexity index is 424. The molecule has 0 aromatic heterocycles. The Hall–Kier alpha value is -1.39. The van der Waals surface area contributed by atoms with E-state index < -0.39 is 0 Å². The maximum atomic E-state index is 12.3. The van der Waals surface area contributed by atoms with Gasteiger partial charge in [-0.2, -0.15) is 0 Å². The number of nitrogens with zero attached hydrogens (tertiary/aromatic N) is 1. The van der Waals surface area contributed by atoms with E-state index in [1.807, 2.05) is 24.9 Å². The van der Waals surface area contributed by atoms with Crippen LogP contribution in [0.15, 0.2) is 18.2 Å². The molecule has 0 aliphatic carbocycles. The van der Waals surface area contributed by atoms with Crippen LogP contribution in [0.4, 0.5) is 5.69 Å². The van der Waals surface area contributed by atoms with Gasteiger partial charge in [-0.25, -0.2) is 0 Å². The lowest BCUT2D eigenvalue weighted by Crippen LogP contribution is -2.41. The van der Waals surface area contributed by atoms with Gasteiger partial charge in [0.25, 0.3) is 0 Å². The number of anilines is 1. The van der Waals surface area contributed by atoms with Gasteiger partial charge in [0.2, 0.25) is 5.91 Å². The van der Waals surface area contributed by atoms with E-state index in [9.17, 15) is 4.79 Å². The Morgan fingerprint density at radius 1 is 1.30 bits per heavy atom. The third kappa shape index (κ3) is 4.05. The van der Waals surface area contributed by atoms with Crippen molar-refractivity contribution < 1.29 is 9.90 Å². The van der Waals surface area contributed by atoms with Crippen LogP contribution in [0.25, 0.3) is 0 Å². The molecule has 0 radical (unpaired) electrons. The zero-order valence-corrected chi connectivity index (χ0v) is 12.9. The standard InChI is InChI=1S/C16H26N2O2/c1-5-13-8-7-9-14(6-2)15(13)17-16(20)12(3)18(4)10-11-19/h7-9,12,19H,5-6,10-11H2,1-4H3,(H,17,20). The van der Waals surface area contributed by atoms with Crippen LogP contribution in [0.3, 0.4) is 0 Å². The van der Waals surface area contributed by atoms with Gasteiger partial charge in [0.1, 0.15) is 0 Å². The predicted octanol–water partition coefficient (Wildman–Crippen LogP) is 2.06. The highest BCUT2D eigenvalue weighted by molar-refractivity contribution is 5.96. The second-order valence-electron chi connectivity index (χ2n) is 5.03. The van der Waals surface area contributed by atoms with E-state index in [4.69, 9.17) is 5.11 Å². The first-order valence-electron chi connectivity index (χ1n) is 7.27. The Labute approximate surface area is 121 Å². The second-order valence-corrected chi connectivity index (χ2v) is 5.03. The van der Waals surface area contributed by atoms with Crippen molar-refractivity contribution in [3.63, 3.8) is 0 Å². The molecule has 1 atom stereocenters. The number of benzene rings is 1. The molecule has 2 N–H and O–H groups in total. The Morgan fingerprint density at radius 3 is 2.30 bits per heavy atom. The summed E-state index contributed by atoms with van der Waals surface area (Å²) in [6.07, 6.45) is 1.79. The van der Waals surface area contributed by atoms with Crippen molar-refractivity contribution in [1.82, 2.24) is 4.90 Å². The van der Waals surface area contributed by atoms with Gasteiger partial charge < -0.3 is 10.4 Å². The molecule has 0 fully saturated rings. The van der Waals surface area contributed by atoms with Gasteiger partial charge >= 0.3 is 0 Å². The fourth-order valence-corrected chi connectivity index (χ4v) is 2.18. The summed E-state index contributed by atoms with van der Waals surface area (Å²) in [5, 5.41) is 12.0. The van der Waals surface area contributed by atoms with E-state index >= 15 is 0 Å². The lowest BCUT2D eigenvalue weighted by Gasteiger charge is -2.24. The molecular formula is C16H26N2O2. The van der Waals surface area contributed by atoms with Crippen LogP contribution < -0.4 is 5.32 Å². The number of amides is 1. The Morgan fingerprint density at radius 2 is 1.85 bits per heavy atom. The number of carbonyl (C=O) groups is 1. The van der Waals surface area contributed by atoms with Gasteiger partial charge in [-0.1, -0.05) is 32.0 Å². The number of nitrogens with one attached hydrogen (secondary N) is 1. The molecule has 4 nitrogen and oxygen atoms in total. The zero-order valence-electron chi connectivity index (χ0n) is 12.9. The third-order valence-corrected chi connectivity index (χ3v) is 3.74. The number of aliphatic hydroxyl groups excluding tert-OH is 1. The van der Waals surface area contributed by atoms with Crippen LogP contribution in [0, 0.1) is 0 Å². The van der Waals surface area contributed by atoms with Gasteiger partial charge in [0.15, 0.2) is 0 Å². The average Bonchev–Trinajstić information content (AvgIpc) is 2.46. The highest BCUT2D eigenvalue weighted by atomic mass is 16.3. The lowest BCUT2D eigenvalue weighted by atomic mass is 10.0. The van der Waals surface area contributed by atoms with Crippen molar-refractivity contribution in [3.05, 3.63) is 29.3 Å². The van der Waals surface area contributed by atoms with Gasteiger partial charge in [-0.05, 0) is 37.9 Å². The molecule has 0 aliphatic heterocycles. The topological polar surface area (TPSA) is 52.6 Å². The summed E-state index contributed by atoms with van der Waals surface area (Å²) < 4.78 is 0. The molecule has 0 spiro atoms. The normalized spacial score (nSPS) is 12.5. The largest absolute Gasteiger partial charge is 0.395 e. The molecule has 1 unspecified atom stereocenters. The highest BCUT2D eigenvalue weighted by Gasteiger charge is 2.19. The summed E-state index contributed by atoms with van der Waals surface area (Å²) in [4.78, 5) is 14.2. The summed E-state index contributed by atoms with van der Waals surface area (Å²) in [7, 11) is 1.84. The maximum absolute atomic E-state index is 12.3. The number of aryl methyl sites for hydroxylation is 2. The number of hydrogen-bond acceptors (Lipinski definition) is 3. The molecule has 112 valence electrons. The second kappa shape index (κ2) is 8.02. The maximum Gasteiger partial charge on any atom is 0.241 e. The summed E-state index contributed by atoms with van der Waals surface area (Å²) in [5.74, 6) is -0.0310. The van der Waals surface area contributed by atoms with Crippen molar-refractivity contribution in [2.24, 2.45) is 0 Å². The van der Waals surface area contributed by atoms with Crippen LogP contribution in [-0.4, -0.2) is 42.2 Å². The minimum absolute atomic E-state index is 0.0310. The van der Waals surface area contributed by atoms with Crippen LogP contribution in [0.2, 0.25) is 0 Å². The zero-order chi connectivity index (χ0) is 15.1. The molecule has 20 heavy (non-hydrogen) atoms. The molecule has 0 aliphatic rings. The third-order valence-electron chi connectivity index (χ3n) is 3.74. The molecule has 1 rings (SSSR count). The fraction of sp³-hybridized carbons (Fsp3) is 0.562. The highest BCUT2D eigenvalue weighted by Crippen LogP contribution is 2.23. The quantitative estimate of drug-likeness (QED) is 0.803. The Balaban J connectivity index is 2.89. The van der Waals surface area contributed by atoms with E-state index in [0.29, 0.717) is 6.54 Å². The number of carbonyl (C=O) groups excluding carboxylic acids is 1. The van der Waals surface area contributed by atoms with E-state index in [1.54, 1.807) is 0 Å². The number of rotatable bonds is 7. The monoisotopic (exact) mass is 278 g/mol. The summed E-state index contributed by atoms with van der Waals surface area (Å²) in [6.45, 7) is 6.58. The van der Waals surface area contributed by atoms with Crippen molar-refractivity contribution >= 4 is 11.6 Å². The van der Waals surface area contributed by atoms with Gasteiger partial charge in [0.05, 0.1) is 12.6 Å². The molecule has 4 heteroatoms. The Kier molecular flexibility index (Phi) is 6.68. The van der Waals surface area contributed by atoms with Crippen LogP contribution in [0.5, 0.6) is 0 Å². The number of likely N-dealkylation sites (N-methyl/N-ethyl adjacent to an activating group) is 1. The summed E-state index contributed by atoms with van der Waals surface area (Å²) in [6, 6.07) is 5.87. The smallest absolute Gasteiger partial charge is 0.241 e. The summed E-state index contributed by atoms with van der Waals surface area (Å²) >= 11 is 0. The molecule has 0 heterocycles. The fourth-order valence-electron chi connectivity index (χ4n) is 2.18. The molecule has 1 aromatic rings. The molecule has 0 saturated carbocycles. The molecule has 1 aromatic carbocycles. The minimum atomic E-state index is -0.267. The predicted molar refractivity (Wildman–Crippen MR) is 83.0 cm³/mol. The van der Waals surface area contributed by atoms with E-state index in [-0.39, 0.29) is 18.6 Å². The van der Waals surface area contributed by atoms with Crippen LogP contribution >= 0.6 is 0 Å². The first-order valence-corrected chi connectivity index (χ1v) is 7.27. The van der Waals surface area contributed by atoms with E-state index in [2.05, 4.69) is 31.3 Å². The number of hydrogen-bond donors (Lipinski definition) is 2. The first-order chi connectivity index (χ1) is 9.54. The number of para-hydroxylation sites is 1. The SMILES string of the molecule is CCc1cccc(CC)c1NC(=O)C(C)N(C)CCO. The first kappa shape index (κ1) is 16.7. The minimum Gasteiger partial charge on any atom is -0.395 e. The average molecular weight is 278 g/mol. The van der Waals surface area contributed by atoms with Gasteiger partial charge in [0, 0.05) is 12.2 Å². The number of aliphatic hydroxyl groups is 1. The van der Waals surface area contributed by atoms with Crippen molar-refractivity contribution in [2.45, 2.75) is 39.7 Å². The molecule has 0 saturated heterocycles. The molecular weight excluding hydrogens is 252 g/mol. The molecule has 0 bridgehead atoms. The van der Waals surface area contributed by atoms with Crippen molar-refractivity contribution in [1.29, 1.82) is 0 Å². The van der Waals surface area contributed by atoms with Crippen LogP contribution in [-0.2, 0) is 17.6 Å². The van der Waals surface area contributed by atoms with E-state index in [0.717, 1.165) is 29.7 Å². The molecule has 1 amide bonds.